The highest BCUT2D eigenvalue weighted by Crippen LogP contribution is 2.30. The molecule has 0 bridgehead atoms. The van der Waals surface area contributed by atoms with Gasteiger partial charge < -0.3 is 9.15 Å². The number of allylic oxidation sites excluding steroid dienone is 1. The van der Waals surface area contributed by atoms with Crippen molar-refractivity contribution in [3.8, 4) is 0 Å². The highest BCUT2D eigenvalue weighted by molar-refractivity contribution is 6.11. The van der Waals surface area contributed by atoms with Crippen LogP contribution < -0.4 is 0 Å². The minimum Gasteiger partial charge on any atom is -0.469 e. The lowest BCUT2D eigenvalue weighted by atomic mass is 9.95. The number of aryl methyl sites for hydroxylation is 1. The van der Waals surface area contributed by atoms with Crippen LogP contribution in [0, 0.1) is 12.8 Å². The molecule has 16 heavy (non-hydrogen) atoms. The summed E-state index contributed by atoms with van der Waals surface area (Å²) in [5.41, 5.74) is 1.97. The summed E-state index contributed by atoms with van der Waals surface area (Å²) in [5, 5.41) is 0. The monoisotopic (exact) mass is 220 g/mol. The molecule has 1 aliphatic heterocycles. The van der Waals surface area contributed by atoms with Crippen molar-refractivity contribution in [2.75, 3.05) is 0 Å². The van der Waals surface area contributed by atoms with Crippen molar-refractivity contribution in [3.63, 3.8) is 0 Å². The largest absolute Gasteiger partial charge is 0.469 e. The molecule has 4 heteroatoms. The first-order chi connectivity index (χ1) is 7.50. The molecule has 2 heterocycles. The first-order valence-electron chi connectivity index (χ1n) is 5.03. The van der Waals surface area contributed by atoms with Crippen molar-refractivity contribution in [3.05, 3.63) is 29.2 Å². The predicted octanol–water partition coefficient (Wildman–Crippen LogP) is 2.08. The zero-order valence-electron chi connectivity index (χ0n) is 9.37. The van der Waals surface area contributed by atoms with Gasteiger partial charge in [-0.15, -0.1) is 0 Å². The van der Waals surface area contributed by atoms with E-state index < -0.39 is 17.9 Å². The van der Waals surface area contributed by atoms with Crippen molar-refractivity contribution in [1.29, 1.82) is 0 Å². The minimum absolute atomic E-state index is 0.422. The van der Waals surface area contributed by atoms with Crippen LogP contribution in [0.2, 0.25) is 0 Å². The highest BCUT2D eigenvalue weighted by Gasteiger charge is 2.37. The highest BCUT2D eigenvalue weighted by atomic mass is 16.6. The van der Waals surface area contributed by atoms with E-state index in [1.807, 2.05) is 13.0 Å². The summed E-state index contributed by atoms with van der Waals surface area (Å²) in [6.07, 6.45) is 1.57. The van der Waals surface area contributed by atoms with Crippen molar-refractivity contribution >= 4 is 17.5 Å². The zero-order chi connectivity index (χ0) is 11.9. The molecule has 1 aromatic rings. The van der Waals surface area contributed by atoms with Crippen LogP contribution in [0.1, 0.15) is 25.2 Å². The molecule has 1 fully saturated rings. The number of ether oxygens (including phenoxy) is 1. The third kappa shape index (κ3) is 1.56. The Kier molecular flexibility index (Phi) is 2.42. The summed E-state index contributed by atoms with van der Waals surface area (Å²) in [7, 11) is 0. The molecule has 84 valence electrons. The Labute approximate surface area is 92.9 Å². The van der Waals surface area contributed by atoms with Gasteiger partial charge in [0.15, 0.2) is 0 Å². The van der Waals surface area contributed by atoms with E-state index in [0.29, 0.717) is 5.57 Å². The second-order valence-corrected chi connectivity index (χ2v) is 3.91. The zero-order valence-corrected chi connectivity index (χ0v) is 9.37. The Bertz CT molecular complexity index is 493. The quantitative estimate of drug-likeness (QED) is 0.413. The average molecular weight is 220 g/mol. The van der Waals surface area contributed by atoms with Gasteiger partial charge in [0.2, 0.25) is 0 Å². The van der Waals surface area contributed by atoms with Crippen LogP contribution in [0.25, 0.3) is 5.57 Å². The summed E-state index contributed by atoms with van der Waals surface area (Å²) < 4.78 is 9.74. The Hall–Kier alpha value is -1.84. The lowest BCUT2D eigenvalue weighted by Crippen LogP contribution is -2.04. The maximum absolute atomic E-state index is 11.5. The van der Waals surface area contributed by atoms with Gasteiger partial charge in [0.25, 0.3) is 0 Å². The van der Waals surface area contributed by atoms with Gasteiger partial charge in [-0.3, -0.25) is 4.79 Å². The number of hydrogen-bond donors (Lipinski definition) is 0. The summed E-state index contributed by atoms with van der Waals surface area (Å²) in [6, 6.07) is 1.82. The molecule has 2 rings (SSSR count). The Morgan fingerprint density at radius 1 is 1.38 bits per heavy atom. The number of carbonyl (C=O) groups excluding carboxylic acids is 2. The Morgan fingerprint density at radius 3 is 2.50 bits per heavy atom. The smallest absolute Gasteiger partial charge is 0.342 e. The number of furan rings is 1. The molecule has 0 N–H and O–H groups in total. The van der Waals surface area contributed by atoms with Crippen LogP contribution in [-0.4, -0.2) is 11.9 Å². The van der Waals surface area contributed by atoms with E-state index in [2.05, 4.69) is 4.74 Å². The molecular weight excluding hydrogens is 208 g/mol. The lowest BCUT2D eigenvalue weighted by molar-refractivity contribution is -0.152. The molecule has 0 radical (unpaired) electrons. The third-order valence-corrected chi connectivity index (χ3v) is 2.77. The molecule has 4 nitrogen and oxygen atoms in total. The molecule has 0 spiro atoms. The number of hydrogen-bond acceptors (Lipinski definition) is 4. The van der Waals surface area contributed by atoms with Gasteiger partial charge in [-0.25, -0.2) is 4.79 Å². The molecule has 0 amide bonds. The molecule has 1 saturated heterocycles. The predicted molar refractivity (Wildman–Crippen MR) is 56.3 cm³/mol. The maximum atomic E-state index is 11.5. The second kappa shape index (κ2) is 3.63. The van der Waals surface area contributed by atoms with Crippen molar-refractivity contribution in [2.24, 2.45) is 5.92 Å². The van der Waals surface area contributed by atoms with Gasteiger partial charge in [0, 0.05) is 5.56 Å². The fraction of sp³-hybridized carbons (Fsp3) is 0.333. The molecule has 1 unspecified atom stereocenters. The van der Waals surface area contributed by atoms with E-state index in [4.69, 9.17) is 4.42 Å². The first kappa shape index (κ1) is 10.7. The van der Waals surface area contributed by atoms with E-state index in [1.165, 1.54) is 0 Å². The Morgan fingerprint density at radius 2 is 2.06 bits per heavy atom. The second-order valence-electron chi connectivity index (χ2n) is 3.91. The lowest BCUT2D eigenvalue weighted by Gasteiger charge is -2.02. The molecule has 1 aliphatic rings. The SMILES string of the molecule is CC(=C1C(=O)OC(=O)C1C)c1coc(C)c1. The molecule has 1 atom stereocenters. The van der Waals surface area contributed by atoms with E-state index >= 15 is 0 Å². The van der Waals surface area contributed by atoms with Crippen molar-refractivity contribution in [1.82, 2.24) is 0 Å². The summed E-state index contributed by atoms with van der Waals surface area (Å²) >= 11 is 0. The van der Waals surface area contributed by atoms with Crippen LogP contribution in [-0.2, 0) is 14.3 Å². The van der Waals surface area contributed by atoms with Gasteiger partial charge in [-0.2, -0.15) is 0 Å². The third-order valence-electron chi connectivity index (χ3n) is 2.77. The van der Waals surface area contributed by atoms with E-state index in [-0.39, 0.29) is 0 Å². The molecule has 0 aromatic carbocycles. The van der Waals surface area contributed by atoms with E-state index in [9.17, 15) is 9.59 Å². The summed E-state index contributed by atoms with van der Waals surface area (Å²) in [5.74, 6) is -0.767. The fourth-order valence-electron chi connectivity index (χ4n) is 1.80. The molecular formula is C12H12O4. The van der Waals surface area contributed by atoms with Crippen molar-refractivity contribution < 1.29 is 18.7 Å². The Balaban J connectivity index is 2.49. The van der Waals surface area contributed by atoms with Crippen LogP contribution in [0.15, 0.2) is 22.3 Å². The minimum atomic E-state index is -0.547. The first-order valence-corrected chi connectivity index (χ1v) is 5.03. The average Bonchev–Trinajstić information content (AvgIpc) is 2.73. The summed E-state index contributed by atoms with van der Waals surface area (Å²) in [6.45, 7) is 5.28. The van der Waals surface area contributed by atoms with Gasteiger partial charge in [-0.1, -0.05) is 0 Å². The van der Waals surface area contributed by atoms with E-state index in [0.717, 1.165) is 16.9 Å². The molecule has 1 aromatic heterocycles. The van der Waals surface area contributed by atoms with Gasteiger partial charge in [0.05, 0.1) is 17.8 Å². The molecule has 0 aliphatic carbocycles. The maximum Gasteiger partial charge on any atom is 0.342 e. The van der Waals surface area contributed by atoms with Crippen LogP contribution in [0.5, 0.6) is 0 Å². The van der Waals surface area contributed by atoms with Gasteiger partial charge >= 0.3 is 11.9 Å². The van der Waals surface area contributed by atoms with Crippen LogP contribution in [0.4, 0.5) is 0 Å². The van der Waals surface area contributed by atoms with Crippen molar-refractivity contribution in [2.45, 2.75) is 20.8 Å². The van der Waals surface area contributed by atoms with Crippen LogP contribution >= 0.6 is 0 Å². The number of esters is 2. The molecule has 0 saturated carbocycles. The summed E-state index contributed by atoms with van der Waals surface area (Å²) in [4.78, 5) is 22.7. The number of carbonyl (C=O) groups is 2. The number of rotatable bonds is 1. The van der Waals surface area contributed by atoms with E-state index in [1.54, 1.807) is 20.1 Å². The van der Waals surface area contributed by atoms with Gasteiger partial charge in [-0.05, 0) is 32.4 Å². The topological polar surface area (TPSA) is 56.5 Å². The number of cyclic esters (lactones) is 2. The standard InChI is InChI=1S/C12H12O4/c1-6-4-9(5-15-6)7(2)10-8(3)11(13)16-12(10)14/h4-5,8H,1-3H3. The van der Waals surface area contributed by atoms with Gasteiger partial charge in [0.1, 0.15) is 5.76 Å². The fourth-order valence-corrected chi connectivity index (χ4v) is 1.80. The van der Waals surface area contributed by atoms with Crippen LogP contribution in [0.3, 0.4) is 0 Å². The normalized spacial score (nSPS) is 23.6.